The zero-order chi connectivity index (χ0) is 84.7. The molecular formula is C120H70N10. The Balaban J connectivity index is 0.000000128. The largest absolute Gasteiger partial charge is 0.309 e. The fourth-order valence-corrected chi connectivity index (χ4v) is 22.3. The van der Waals surface area contributed by atoms with E-state index >= 15 is 0 Å². The first-order valence-electron chi connectivity index (χ1n) is 44.5. The van der Waals surface area contributed by atoms with Gasteiger partial charge in [-0.1, -0.05) is 285 Å². The van der Waals surface area contributed by atoms with Gasteiger partial charge in [0, 0.05) is 142 Å². The third kappa shape index (κ3) is 9.95. The quantitative estimate of drug-likeness (QED) is 0.152. The molecule has 0 aliphatic rings. The first kappa shape index (κ1) is 70.8. The fraction of sp³-hybridized carbons (Fsp3) is 0. The van der Waals surface area contributed by atoms with Gasteiger partial charge < -0.3 is 27.1 Å². The van der Waals surface area contributed by atoms with E-state index in [-0.39, 0.29) is 0 Å². The molecule has 0 atom stereocenters. The molecule has 0 bridgehead atoms. The van der Waals surface area contributed by atoms with Crippen LogP contribution >= 0.6 is 0 Å². The van der Waals surface area contributed by atoms with Crippen molar-refractivity contribution in [3.8, 4) is 67.8 Å². The van der Waals surface area contributed by atoms with Gasteiger partial charge in [-0.15, -0.1) is 0 Å². The normalized spacial score (nSPS) is 12.3. The second-order valence-corrected chi connectivity index (χ2v) is 34.6. The smallest absolute Gasteiger partial charge is 0.0973 e. The maximum atomic E-state index is 5.38. The van der Waals surface area contributed by atoms with E-state index in [0.717, 1.165) is 101 Å². The zero-order valence-corrected chi connectivity index (χ0v) is 69.9. The van der Waals surface area contributed by atoms with Crippen LogP contribution in [0.5, 0.6) is 0 Å². The molecule has 10 heterocycles. The number of fused-ring (bicyclic) bond motifs is 32. The van der Waals surface area contributed by atoms with E-state index in [1.807, 2.05) is 24.3 Å². The van der Waals surface area contributed by atoms with Gasteiger partial charge >= 0.3 is 0 Å². The molecule has 0 spiro atoms. The van der Waals surface area contributed by atoms with Crippen LogP contribution in [0.15, 0.2) is 425 Å². The molecule has 10 aromatic heterocycles. The van der Waals surface area contributed by atoms with Crippen LogP contribution in [0.4, 0.5) is 0 Å². The Kier molecular flexibility index (Phi) is 14.7. The van der Waals surface area contributed by atoms with Crippen molar-refractivity contribution in [1.29, 1.82) is 0 Å². The van der Waals surface area contributed by atoms with Crippen molar-refractivity contribution in [1.82, 2.24) is 47.0 Å². The third-order valence-electron chi connectivity index (χ3n) is 27.8. The molecule has 30 aromatic rings. The lowest BCUT2D eigenvalue weighted by atomic mass is 10.0. The number of benzene rings is 20. The predicted octanol–water partition coefficient (Wildman–Crippen LogP) is 30.9. The summed E-state index contributed by atoms with van der Waals surface area (Å²) in [5, 5.41) is 25.0. The Morgan fingerprint density at radius 3 is 0.869 bits per heavy atom. The summed E-state index contributed by atoms with van der Waals surface area (Å²) in [5.74, 6) is 0. The summed E-state index contributed by atoms with van der Waals surface area (Å²) in [6.07, 6.45) is 0. The van der Waals surface area contributed by atoms with Gasteiger partial charge in [-0.05, 0) is 150 Å². The van der Waals surface area contributed by atoms with Crippen LogP contribution in [0.1, 0.15) is 0 Å². The average Bonchev–Trinajstić information content (AvgIpc) is 1.51. The first-order chi connectivity index (χ1) is 64.5. The summed E-state index contributed by atoms with van der Waals surface area (Å²) in [5.41, 5.74) is 32.4. The molecule has 0 N–H and O–H groups in total. The highest BCUT2D eigenvalue weighted by molar-refractivity contribution is 6.38. The van der Waals surface area contributed by atoms with Gasteiger partial charge in [-0.2, -0.15) is 0 Å². The standard InChI is InChI=1S/2C60H35N5/c1-2-15-39(16-3-1)63-51-23-11-6-18-42(51)45-32-29-38(34-54(45)63)57-56(61-49-21-9-10-22-50(49)62-57)37-26-30-40(31-27-37)64-52-24-12-7-19-43(52)47-35-48-44-20-8-13-25-53(44)65-58-41-17-5-4-14-36(41)28-33-46(58)55(59(47)64)60(48)65;1-2-15-39(16-3-1)63-51-23-11-6-18-42(51)46-34-38(29-33-54(46)63)57-56(61-49-21-9-10-22-50(49)62-57)37-26-30-40(31-27-37)64-52-24-12-7-19-43(52)47-35-48-44-20-8-13-25-53(44)65-58-41-17-5-4-14-36(41)28-32-45(58)55(59(47)64)60(48)65/h2*1-35H. The molecule has 10 heteroatoms. The summed E-state index contributed by atoms with van der Waals surface area (Å²) in [4.78, 5) is 21.5. The maximum Gasteiger partial charge on any atom is 0.0973 e. The average molecular weight is 1650 g/mol. The minimum Gasteiger partial charge on any atom is -0.309 e. The van der Waals surface area contributed by atoms with Gasteiger partial charge in [0.2, 0.25) is 0 Å². The van der Waals surface area contributed by atoms with Crippen LogP contribution in [0.25, 0.3) is 275 Å². The van der Waals surface area contributed by atoms with Crippen LogP contribution < -0.4 is 0 Å². The van der Waals surface area contributed by atoms with Crippen molar-refractivity contribution in [3.63, 3.8) is 0 Å². The van der Waals surface area contributed by atoms with E-state index in [0.29, 0.717) is 0 Å². The fourth-order valence-electron chi connectivity index (χ4n) is 22.3. The lowest BCUT2D eigenvalue weighted by Crippen LogP contribution is -1.98. The lowest BCUT2D eigenvalue weighted by Gasteiger charge is -2.14. The second kappa shape index (κ2) is 27.0. The number of hydrogen-bond donors (Lipinski definition) is 0. The van der Waals surface area contributed by atoms with Crippen LogP contribution in [0, 0.1) is 0 Å². The third-order valence-corrected chi connectivity index (χ3v) is 27.8. The highest BCUT2D eigenvalue weighted by atomic mass is 15.0. The van der Waals surface area contributed by atoms with E-state index in [1.54, 1.807) is 0 Å². The van der Waals surface area contributed by atoms with E-state index < -0.39 is 0 Å². The van der Waals surface area contributed by atoms with Crippen molar-refractivity contribution >= 4 is 207 Å². The topological polar surface area (TPSA) is 80.1 Å². The Labute approximate surface area is 741 Å². The van der Waals surface area contributed by atoms with E-state index in [4.69, 9.17) is 19.9 Å². The number of nitrogens with zero attached hydrogens (tertiary/aromatic N) is 10. The molecule has 10 nitrogen and oxygen atoms in total. The van der Waals surface area contributed by atoms with Crippen LogP contribution in [0.2, 0.25) is 0 Å². The molecule has 20 aromatic carbocycles. The van der Waals surface area contributed by atoms with Crippen molar-refractivity contribution < 1.29 is 0 Å². The minimum atomic E-state index is 0.852. The van der Waals surface area contributed by atoms with Crippen LogP contribution in [0.3, 0.4) is 0 Å². The van der Waals surface area contributed by atoms with Gasteiger partial charge in [-0.25, -0.2) is 19.9 Å². The van der Waals surface area contributed by atoms with E-state index in [9.17, 15) is 0 Å². The van der Waals surface area contributed by atoms with Crippen LogP contribution in [-0.4, -0.2) is 47.0 Å². The van der Waals surface area contributed by atoms with Gasteiger partial charge in [-0.3, -0.25) is 0 Å². The second-order valence-electron chi connectivity index (χ2n) is 34.6. The Hall–Kier alpha value is -17.6. The number of hydrogen-bond acceptors (Lipinski definition) is 4. The monoisotopic (exact) mass is 1650 g/mol. The lowest BCUT2D eigenvalue weighted by molar-refractivity contribution is 1.18. The molecule has 30 rings (SSSR count). The summed E-state index contributed by atoms with van der Waals surface area (Å²) in [7, 11) is 0. The molecule has 0 saturated carbocycles. The molecule has 0 radical (unpaired) electrons. The molecule has 0 unspecified atom stereocenters. The summed E-state index contributed by atoms with van der Waals surface area (Å²) < 4.78 is 14.7. The number of para-hydroxylation sites is 12. The molecule has 0 amide bonds. The van der Waals surface area contributed by atoms with Gasteiger partial charge in [0.15, 0.2) is 0 Å². The van der Waals surface area contributed by atoms with Crippen molar-refractivity contribution in [2.45, 2.75) is 0 Å². The van der Waals surface area contributed by atoms with Crippen molar-refractivity contribution in [2.75, 3.05) is 0 Å². The molecule has 130 heavy (non-hydrogen) atoms. The van der Waals surface area contributed by atoms with E-state index in [2.05, 4.69) is 427 Å². The molecular weight excluding hydrogens is 1580 g/mol. The molecule has 0 aliphatic carbocycles. The highest BCUT2D eigenvalue weighted by Crippen LogP contribution is 2.52. The maximum absolute atomic E-state index is 5.38. The Morgan fingerprint density at radius 1 is 0.146 bits per heavy atom. The van der Waals surface area contributed by atoms with Gasteiger partial charge in [0.05, 0.1) is 122 Å². The number of aromatic nitrogens is 10. The van der Waals surface area contributed by atoms with Gasteiger partial charge in [0.1, 0.15) is 0 Å². The SMILES string of the molecule is c1ccc(-n2c3ccccc3c3cc(-c4nc5ccccc5nc4-c4ccc(-n5c6ccccc6c6cc7c8ccccc8n8c9c%10ccccc%10ccc9c(c65)c78)cc4)ccc32)cc1.c1ccc(-n2c3ccccc3c3ccc(-c4nc5ccccc5nc4-c4ccc(-n5c6ccccc6c6cc7c8ccccc8n8c9c%10ccccc%10ccc9c(c65)c78)cc4)cc32)cc1. The summed E-state index contributed by atoms with van der Waals surface area (Å²) in [6, 6.07) is 154. The van der Waals surface area contributed by atoms with Crippen molar-refractivity contribution in [3.05, 3.63) is 425 Å². The molecule has 0 fully saturated rings. The Morgan fingerprint density at radius 2 is 0.431 bits per heavy atom. The summed E-state index contributed by atoms with van der Waals surface area (Å²) in [6.45, 7) is 0. The molecule has 0 aliphatic heterocycles. The first-order valence-corrected chi connectivity index (χ1v) is 44.5. The minimum absolute atomic E-state index is 0.852. The van der Waals surface area contributed by atoms with Gasteiger partial charge in [0.25, 0.3) is 0 Å². The highest BCUT2D eigenvalue weighted by Gasteiger charge is 2.30. The Bertz CT molecular complexity index is 10100. The van der Waals surface area contributed by atoms with Crippen molar-refractivity contribution in [2.24, 2.45) is 0 Å². The molecule has 0 saturated heterocycles. The zero-order valence-electron chi connectivity index (χ0n) is 69.9. The molecule has 600 valence electrons. The number of rotatable bonds is 8. The van der Waals surface area contributed by atoms with E-state index in [1.165, 1.54) is 174 Å². The summed E-state index contributed by atoms with van der Waals surface area (Å²) >= 11 is 0. The van der Waals surface area contributed by atoms with Crippen LogP contribution in [-0.2, 0) is 0 Å². The predicted molar refractivity (Wildman–Crippen MR) is 543 cm³/mol.